The van der Waals surface area contributed by atoms with Crippen molar-refractivity contribution >= 4 is 22.8 Å². The second-order valence-corrected chi connectivity index (χ2v) is 5.46. The molecule has 0 radical (unpaired) electrons. The summed E-state index contributed by atoms with van der Waals surface area (Å²) in [6.45, 7) is 1.39. The lowest BCUT2D eigenvalue weighted by Crippen LogP contribution is -2.21. The van der Waals surface area contributed by atoms with E-state index in [1.807, 2.05) is 0 Å². The fourth-order valence-corrected chi connectivity index (χ4v) is 2.27. The van der Waals surface area contributed by atoms with Crippen LogP contribution < -0.4 is 4.74 Å². The van der Waals surface area contributed by atoms with E-state index >= 15 is 0 Å². The van der Waals surface area contributed by atoms with Crippen LogP contribution in [0.2, 0.25) is 0 Å². The highest BCUT2D eigenvalue weighted by Gasteiger charge is 2.22. The number of aliphatic hydroxyl groups excluding tert-OH is 2. The maximum Gasteiger partial charge on any atom is 0.341 e. The summed E-state index contributed by atoms with van der Waals surface area (Å²) in [7, 11) is 2.65. The van der Waals surface area contributed by atoms with Gasteiger partial charge in [0.05, 0.1) is 20.3 Å². The normalized spacial score (nSPS) is 13.4. The highest BCUT2D eigenvalue weighted by Crippen LogP contribution is 2.27. The summed E-state index contributed by atoms with van der Waals surface area (Å²) >= 11 is 0.930. The van der Waals surface area contributed by atoms with E-state index in [0.717, 1.165) is 11.8 Å². The van der Waals surface area contributed by atoms with E-state index in [2.05, 4.69) is 4.74 Å². The minimum absolute atomic E-state index is 0.0809. The lowest BCUT2D eigenvalue weighted by molar-refractivity contribution is -0.109. The first-order valence-electron chi connectivity index (χ1n) is 6.16. The number of hydrogen-bond acceptors (Lipinski definition) is 7. The standard InChI is InChI=1S/C14H18O6S/c1-8(15)21-7-11(16)13(17)9-4-5-10(14(18)20-3)12(6-9)19-2/h4-6,11,13,16-17H,7H2,1-3H3. The lowest BCUT2D eigenvalue weighted by Gasteiger charge is -2.18. The average Bonchev–Trinajstić information content (AvgIpc) is 2.50. The van der Waals surface area contributed by atoms with Crippen LogP contribution in [0.3, 0.4) is 0 Å². The molecule has 1 rings (SSSR count). The maximum atomic E-state index is 11.5. The number of carbonyl (C=O) groups is 2. The van der Waals surface area contributed by atoms with E-state index in [9.17, 15) is 19.8 Å². The van der Waals surface area contributed by atoms with Gasteiger partial charge < -0.3 is 19.7 Å². The van der Waals surface area contributed by atoms with Crippen molar-refractivity contribution in [3.63, 3.8) is 0 Å². The number of methoxy groups -OCH3 is 2. The van der Waals surface area contributed by atoms with Crippen molar-refractivity contribution in [3.8, 4) is 5.75 Å². The minimum atomic E-state index is -1.18. The van der Waals surface area contributed by atoms with Crippen molar-refractivity contribution in [1.82, 2.24) is 0 Å². The molecule has 0 aliphatic rings. The number of aliphatic hydroxyl groups is 2. The molecule has 1 aromatic rings. The zero-order chi connectivity index (χ0) is 16.0. The zero-order valence-corrected chi connectivity index (χ0v) is 12.8. The van der Waals surface area contributed by atoms with Crippen LogP contribution >= 0.6 is 11.8 Å². The van der Waals surface area contributed by atoms with Crippen LogP contribution in [-0.4, -0.2) is 47.4 Å². The second-order valence-electron chi connectivity index (χ2n) is 4.27. The molecule has 21 heavy (non-hydrogen) atoms. The van der Waals surface area contributed by atoms with E-state index in [-0.39, 0.29) is 22.2 Å². The van der Waals surface area contributed by atoms with Crippen molar-refractivity contribution in [1.29, 1.82) is 0 Å². The quantitative estimate of drug-likeness (QED) is 0.761. The van der Waals surface area contributed by atoms with Crippen LogP contribution in [0.1, 0.15) is 28.9 Å². The summed E-state index contributed by atoms with van der Waals surface area (Å²) in [5.41, 5.74) is 0.611. The van der Waals surface area contributed by atoms with Gasteiger partial charge >= 0.3 is 5.97 Å². The summed E-state index contributed by atoms with van der Waals surface area (Å²) < 4.78 is 9.70. The molecule has 0 aromatic heterocycles. The van der Waals surface area contributed by atoms with Crippen LogP contribution in [-0.2, 0) is 9.53 Å². The largest absolute Gasteiger partial charge is 0.496 e. The average molecular weight is 314 g/mol. The third-order valence-electron chi connectivity index (χ3n) is 2.79. The molecule has 2 N–H and O–H groups in total. The molecule has 0 aliphatic carbocycles. The van der Waals surface area contributed by atoms with Crippen LogP contribution in [0.25, 0.3) is 0 Å². The van der Waals surface area contributed by atoms with Gasteiger partial charge in [-0.25, -0.2) is 4.79 Å². The van der Waals surface area contributed by atoms with Crippen molar-refractivity contribution in [2.75, 3.05) is 20.0 Å². The van der Waals surface area contributed by atoms with Gasteiger partial charge in [-0.05, 0) is 17.7 Å². The van der Waals surface area contributed by atoms with Gasteiger partial charge in [-0.2, -0.15) is 0 Å². The molecule has 1 aromatic carbocycles. The van der Waals surface area contributed by atoms with Gasteiger partial charge in [0, 0.05) is 12.7 Å². The second kappa shape index (κ2) is 8.02. The van der Waals surface area contributed by atoms with Crippen molar-refractivity contribution in [3.05, 3.63) is 29.3 Å². The molecule has 0 saturated heterocycles. The Kier molecular flexibility index (Phi) is 6.67. The fourth-order valence-electron chi connectivity index (χ4n) is 1.69. The Morgan fingerprint density at radius 3 is 2.48 bits per heavy atom. The van der Waals surface area contributed by atoms with Gasteiger partial charge in [0.25, 0.3) is 0 Å². The third kappa shape index (κ3) is 4.73. The number of benzene rings is 1. The number of ether oxygens (including phenoxy) is 2. The molecule has 0 bridgehead atoms. The Balaban J connectivity index is 2.93. The van der Waals surface area contributed by atoms with Gasteiger partial charge in [-0.3, -0.25) is 4.79 Å². The summed E-state index contributed by atoms with van der Waals surface area (Å²) in [6, 6.07) is 4.41. The lowest BCUT2D eigenvalue weighted by atomic mass is 10.0. The van der Waals surface area contributed by atoms with Gasteiger partial charge in [-0.1, -0.05) is 17.8 Å². The number of rotatable bonds is 6. The molecule has 7 heteroatoms. The van der Waals surface area contributed by atoms with E-state index in [1.54, 1.807) is 0 Å². The maximum absolute atomic E-state index is 11.5. The molecule has 2 atom stereocenters. The summed E-state index contributed by atoms with van der Waals surface area (Å²) in [5, 5.41) is 19.8. The van der Waals surface area contributed by atoms with Crippen LogP contribution in [0.15, 0.2) is 18.2 Å². The summed E-state index contributed by atoms with van der Waals surface area (Å²) in [6.07, 6.45) is -2.29. The molecule has 0 aliphatic heterocycles. The molecule has 0 saturated carbocycles. The Morgan fingerprint density at radius 2 is 1.95 bits per heavy atom. The highest BCUT2D eigenvalue weighted by atomic mass is 32.2. The van der Waals surface area contributed by atoms with E-state index in [1.165, 1.54) is 39.3 Å². The van der Waals surface area contributed by atoms with Gasteiger partial charge in [-0.15, -0.1) is 0 Å². The first-order valence-corrected chi connectivity index (χ1v) is 7.15. The number of thioether (sulfide) groups is 1. The predicted octanol–water partition coefficient (Wildman–Crippen LogP) is 1.16. The van der Waals surface area contributed by atoms with Gasteiger partial charge in [0.15, 0.2) is 5.12 Å². The van der Waals surface area contributed by atoms with Gasteiger partial charge in [0.2, 0.25) is 0 Å². The molecule has 0 heterocycles. The highest BCUT2D eigenvalue weighted by molar-refractivity contribution is 8.13. The number of hydrogen-bond donors (Lipinski definition) is 2. The van der Waals surface area contributed by atoms with Crippen LogP contribution in [0, 0.1) is 0 Å². The Morgan fingerprint density at radius 1 is 1.29 bits per heavy atom. The van der Waals surface area contributed by atoms with E-state index < -0.39 is 18.2 Å². The molecule has 6 nitrogen and oxygen atoms in total. The monoisotopic (exact) mass is 314 g/mol. The molecular formula is C14H18O6S. The molecule has 0 spiro atoms. The first kappa shape index (κ1) is 17.5. The molecular weight excluding hydrogens is 296 g/mol. The third-order valence-corrected chi connectivity index (χ3v) is 3.71. The summed E-state index contributed by atoms with van der Waals surface area (Å²) in [5.74, 6) is -0.234. The Labute approximate surface area is 127 Å². The van der Waals surface area contributed by atoms with Crippen LogP contribution in [0.4, 0.5) is 0 Å². The topological polar surface area (TPSA) is 93.1 Å². The molecule has 0 fully saturated rings. The van der Waals surface area contributed by atoms with E-state index in [4.69, 9.17) is 4.74 Å². The van der Waals surface area contributed by atoms with E-state index in [0.29, 0.717) is 5.56 Å². The summed E-state index contributed by atoms with van der Waals surface area (Å²) in [4.78, 5) is 22.4. The Hall–Kier alpha value is -1.57. The number of esters is 1. The Bertz CT molecular complexity index is 516. The van der Waals surface area contributed by atoms with Gasteiger partial charge in [0.1, 0.15) is 17.4 Å². The van der Waals surface area contributed by atoms with Crippen LogP contribution in [0.5, 0.6) is 5.75 Å². The zero-order valence-electron chi connectivity index (χ0n) is 12.0. The minimum Gasteiger partial charge on any atom is -0.496 e. The van der Waals surface area contributed by atoms with Crippen molar-refractivity contribution in [2.45, 2.75) is 19.1 Å². The number of carbonyl (C=O) groups excluding carboxylic acids is 2. The van der Waals surface area contributed by atoms with Crippen molar-refractivity contribution < 1.29 is 29.3 Å². The first-order chi connectivity index (χ1) is 9.90. The van der Waals surface area contributed by atoms with Crippen molar-refractivity contribution in [2.24, 2.45) is 0 Å². The fraction of sp³-hybridized carbons (Fsp3) is 0.429. The molecule has 0 amide bonds. The smallest absolute Gasteiger partial charge is 0.341 e. The molecule has 116 valence electrons. The molecule has 2 unspecified atom stereocenters. The predicted molar refractivity (Wildman–Crippen MR) is 78.4 cm³/mol. The SMILES string of the molecule is COC(=O)c1ccc(C(O)C(O)CSC(C)=O)cc1OC.